The van der Waals surface area contributed by atoms with E-state index in [2.05, 4.69) is 24.5 Å². The van der Waals surface area contributed by atoms with Gasteiger partial charge in [-0.1, -0.05) is 43.6 Å². The second-order valence-corrected chi connectivity index (χ2v) is 8.22. The third kappa shape index (κ3) is 2.95. The topological polar surface area (TPSA) is 61.4 Å². The van der Waals surface area contributed by atoms with E-state index < -0.39 is 6.04 Å². The minimum atomic E-state index is -0.429. The van der Waals surface area contributed by atoms with E-state index in [1.165, 1.54) is 0 Å². The number of fused-ring (bicyclic) bond motifs is 1. The summed E-state index contributed by atoms with van der Waals surface area (Å²) in [5.41, 5.74) is 3.87. The summed E-state index contributed by atoms with van der Waals surface area (Å²) in [6.07, 6.45) is 1.25. The number of nitrogens with one attached hydrogen (secondary N) is 2. The minimum absolute atomic E-state index is 0.100. The van der Waals surface area contributed by atoms with Crippen LogP contribution in [0.2, 0.25) is 5.02 Å². The average Bonchev–Trinajstić information content (AvgIpc) is 2.70. The molecule has 2 aromatic rings. The third-order valence-corrected chi connectivity index (χ3v) is 5.26. The largest absolute Gasteiger partial charge is 0.508 e. The van der Waals surface area contributed by atoms with Crippen molar-refractivity contribution >= 4 is 28.8 Å². The molecule has 0 aromatic heterocycles. The average molecular weight is 369 g/mol. The summed E-state index contributed by atoms with van der Waals surface area (Å²) < 4.78 is 0. The monoisotopic (exact) mass is 368 g/mol. The molecular weight excluding hydrogens is 348 g/mol. The molecule has 0 saturated heterocycles. The molecule has 0 unspecified atom stereocenters. The number of aromatic hydroxyl groups is 1. The Kier molecular flexibility index (Phi) is 3.96. The highest BCUT2D eigenvalue weighted by Gasteiger charge is 2.39. The fourth-order valence-electron chi connectivity index (χ4n) is 3.88. The zero-order valence-electron chi connectivity index (χ0n) is 14.8. The van der Waals surface area contributed by atoms with Crippen LogP contribution in [-0.2, 0) is 4.79 Å². The molecule has 0 bridgehead atoms. The minimum Gasteiger partial charge on any atom is -0.508 e. The smallest absolute Gasteiger partial charge is 0.163 e. The van der Waals surface area contributed by atoms with Crippen molar-refractivity contribution in [3.63, 3.8) is 0 Å². The predicted octanol–water partition coefficient (Wildman–Crippen LogP) is 5.27. The Labute approximate surface area is 157 Å². The number of phenols is 1. The van der Waals surface area contributed by atoms with E-state index in [9.17, 15) is 9.90 Å². The number of hydrogen-bond acceptors (Lipinski definition) is 4. The van der Waals surface area contributed by atoms with Gasteiger partial charge in [-0.15, -0.1) is 0 Å². The number of Topliss-reactive ketones (excluding diaryl/α,β-unsaturated/α-hetero) is 1. The van der Waals surface area contributed by atoms with Gasteiger partial charge in [-0.3, -0.25) is 4.79 Å². The Balaban J connectivity index is 1.92. The Morgan fingerprint density at radius 2 is 1.88 bits per heavy atom. The van der Waals surface area contributed by atoms with Crippen LogP contribution in [0.4, 0.5) is 11.4 Å². The van der Waals surface area contributed by atoms with Gasteiger partial charge in [-0.25, -0.2) is 0 Å². The second-order valence-electron chi connectivity index (χ2n) is 7.78. The number of hydrogen-bond donors (Lipinski definition) is 3. The molecule has 0 radical (unpaired) electrons. The zero-order valence-corrected chi connectivity index (χ0v) is 15.5. The molecular formula is C21H21ClN2O2. The molecule has 3 N–H and O–H groups in total. The van der Waals surface area contributed by atoms with Gasteiger partial charge in [0.25, 0.3) is 0 Å². The first kappa shape index (κ1) is 17.0. The van der Waals surface area contributed by atoms with Gasteiger partial charge in [0.2, 0.25) is 0 Å². The Hall–Kier alpha value is -2.46. The number of carbonyl (C=O) groups excluding carboxylic acids is 1. The van der Waals surface area contributed by atoms with Gasteiger partial charge in [0, 0.05) is 28.3 Å². The molecule has 4 rings (SSSR count). The molecule has 0 saturated carbocycles. The normalized spacial score (nSPS) is 21.2. The van der Waals surface area contributed by atoms with Crippen molar-refractivity contribution in [3.05, 3.63) is 64.3 Å². The molecule has 1 heterocycles. The molecule has 4 nitrogen and oxygen atoms in total. The second kappa shape index (κ2) is 6.06. The van der Waals surface area contributed by atoms with E-state index in [0.29, 0.717) is 22.6 Å². The lowest BCUT2D eigenvalue weighted by molar-refractivity contribution is -0.118. The SMILES string of the molecule is CC1(C)CC(=O)C2=C(C1)Nc1ccc(Cl)cc1N[C@@H]2c1ccccc1O. The van der Waals surface area contributed by atoms with Gasteiger partial charge in [-0.2, -0.15) is 0 Å². The molecule has 0 fully saturated rings. The number of ketones is 1. The van der Waals surface area contributed by atoms with Crippen LogP contribution in [0.3, 0.4) is 0 Å². The first-order valence-electron chi connectivity index (χ1n) is 8.71. The van der Waals surface area contributed by atoms with Crippen LogP contribution in [0.1, 0.15) is 38.3 Å². The summed E-state index contributed by atoms with van der Waals surface area (Å²) in [6, 6.07) is 12.3. The first-order valence-corrected chi connectivity index (χ1v) is 9.09. The number of carbonyl (C=O) groups is 1. The predicted molar refractivity (Wildman–Crippen MR) is 105 cm³/mol. The van der Waals surface area contributed by atoms with Crippen molar-refractivity contribution in [2.45, 2.75) is 32.7 Å². The molecule has 2 aliphatic rings. The number of benzene rings is 2. The first-order chi connectivity index (χ1) is 12.3. The Morgan fingerprint density at radius 1 is 1.12 bits per heavy atom. The Morgan fingerprint density at radius 3 is 2.65 bits per heavy atom. The van der Waals surface area contributed by atoms with Crippen molar-refractivity contribution in [3.8, 4) is 5.75 Å². The van der Waals surface area contributed by atoms with Crippen LogP contribution in [0.25, 0.3) is 0 Å². The molecule has 0 amide bonds. The molecule has 1 aliphatic heterocycles. The summed E-state index contributed by atoms with van der Waals surface area (Å²) in [7, 11) is 0. The van der Waals surface area contributed by atoms with Crippen LogP contribution in [0, 0.1) is 5.41 Å². The van der Waals surface area contributed by atoms with E-state index in [1.807, 2.05) is 30.3 Å². The number of halogens is 1. The fourth-order valence-corrected chi connectivity index (χ4v) is 4.05. The highest BCUT2D eigenvalue weighted by molar-refractivity contribution is 6.31. The summed E-state index contributed by atoms with van der Waals surface area (Å²) in [5, 5.41) is 17.9. The maximum atomic E-state index is 13.1. The third-order valence-electron chi connectivity index (χ3n) is 5.02. The number of allylic oxidation sites excluding steroid dienone is 1. The van der Waals surface area contributed by atoms with E-state index in [1.54, 1.807) is 12.1 Å². The summed E-state index contributed by atoms with van der Waals surface area (Å²) in [5.74, 6) is 0.267. The molecule has 134 valence electrons. The van der Waals surface area contributed by atoms with E-state index in [0.717, 1.165) is 23.5 Å². The zero-order chi connectivity index (χ0) is 18.5. The van der Waals surface area contributed by atoms with Crippen molar-refractivity contribution < 1.29 is 9.90 Å². The Bertz CT molecular complexity index is 933. The van der Waals surface area contributed by atoms with E-state index in [4.69, 9.17) is 11.6 Å². The molecule has 1 atom stereocenters. The summed E-state index contributed by atoms with van der Waals surface area (Å²) in [6.45, 7) is 4.21. The lowest BCUT2D eigenvalue weighted by Gasteiger charge is -2.34. The van der Waals surface area contributed by atoms with E-state index >= 15 is 0 Å². The van der Waals surface area contributed by atoms with Crippen LogP contribution in [-0.4, -0.2) is 10.9 Å². The van der Waals surface area contributed by atoms with Crippen LogP contribution < -0.4 is 10.6 Å². The number of anilines is 2. The van der Waals surface area contributed by atoms with Gasteiger partial charge in [-0.05, 0) is 36.1 Å². The quantitative estimate of drug-likeness (QED) is 0.641. The van der Waals surface area contributed by atoms with Crippen LogP contribution in [0.15, 0.2) is 53.7 Å². The van der Waals surface area contributed by atoms with Gasteiger partial charge >= 0.3 is 0 Å². The van der Waals surface area contributed by atoms with Gasteiger partial charge < -0.3 is 15.7 Å². The molecule has 26 heavy (non-hydrogen) atoms. The maximum absolute atomic E-state index is 13.1. The van der Waals surface area contributed by atoms with Gasteiger partial charge in [0.15, 0.2) is 5.78 Å². The highest BCUT2D eigenvalue weighted by atomic mass is 35.5. The maximum Gasteiger partial charge on any atom is 0.163 e. The molecule has 2 aromatic carbocycles. The van der Waals surface area contributed by atoms with Crippen molar-refractivity contribution in [2.24, 2.45) is 5.41 Å². The van der Waals surface area contributed by atoms with Crippen molar-refractivity contribution in [1.82, 2.24) is 0 Å². The molecule has 1 aliphatic carbocycles. The van der Waals surface area contributed by atoms with E-state index in [-0.39, 0.29) is 16.9 Å². The van der Waals surface area contributed by atoms with Crippen LogP contribution >= 0.6 is 11.6 Å². The van der Waals surface area contributed by atoms with Gasteiger partial charge in [0.1, 0.15) is 5.75 Å². The van der Waals surface area contributed by atoms with Crippen molar-refractivity contribution in [2.75, 3.05) is 10.6 Å². The highest BCUT2D eigenvalue weighted by Crippen LogP contribution is 2.46. The molecule has 5 heteroatoms. The van der Waals surface area contributed by atoms with Crippen molar-refractivity contribution in [1.29, 1.82) is 0 Å². The number of rotatable bonds is 1. The summed E-state index contributed by atoms with van der Waals surface area (Å²) in [4.78, 5) is 13.1. The number of phenolic OH excluding ortho intramolecular Hbond substituents is 1. The lowest BCUT2D eigenvalue weighted by Crippen LogP contribution is -2.31. The lowest BCUT2D eigenvalue weighted by atomic mass is 9.73. The molecule has 0 spiro atoms. The number of para-hydroxylation sites is 1. The fraction of sp³-hybridized carbons (Fsp3) is 0.286. The summed E-state index contributed by atoms with van der Waals surface area (Å²) >= 11 is 6.18. The standard InChI is InChI=1S/C21H21ClN2O2/c1-21(2)10-16-19(18(26)11-21)20(13-5-3-4-6-17(13)25)24-15-9-12(22)7-8-14(15)23-16/h3-9,20,23-25H,10-11H2,1-2H3/t20-/m1/s1. The van der Waals surface area contributed by atoms with Gasteiger partial charge in [0.05, 0.1) is 17.4 Å². The van der Waals surface area contributed by atoms with Crippen LogP contribution in [0.5, 0.6) is 5.75 Å².